The SMILES string of the molecule is CCC(OC1CCCC(C)C1)C(=O)N(C)CCNC. The van der Waals surface area contributed by atoms with Gasteiger partial charge in [-0.05, 0) is 32.2 Å². The van der Waals surface area contributed by atoms with Crippen molar-refractivity contribution in [3.05, 3.63) is 0 Å². The number of nitrogens with zero attached hydrogens (tertiary/aromatic N) is 1. The highest BCUT2D eigenvalue weighted by Crippen LogP contribution is 2.27. The Morgan fingerprint density at radius 2 is 2.21 bits per heavy atom. The summed E-state index contributed by atoms with van der Waals surface area (Å²) in [6, 6.07) is 0. The standard InChI is InChI=1S/C15H30N2O2/c1-5-14(15(18)17(4)10-9-16-3)19-13-8-6-7-12(2)11-13/h12-14,16H,5-11H2,1-4H3. The first-order valence-corrected chi connectivity index (χ1v) is 7.63. The monoisotopic (exact) mass is 270 g/mol. The molecule has 1 rings (SSSR count). The van der Waals surface area contributed by atoms with Crippen molar-refractivity contribution in [3.63, 3.8) is 0 Å². The van der Waals surface area contributed by atoms with Gasteiger partial charge in [-0.2, -0.15) is 0 Å². The maximum absolute atomic E-state index is 12.3. The number of amides is 1. The van der Waals surface area contributed by atoms with Gasteiger partial charge >= 0.3 is 0 Å². The van der Waals surface area contributed by atoms with Crippen LogP contribution in [0.5, 0.6) is 0 Å². The molecule has 4 nitrogen and oxygen atoms in total. The van der Waals surface area contributed by atoms with Crippen LogP contribution in [0.4, 0.5) is 0 Å². The molecule has 0 aromatic carbocycles. The second-order valence-electron chi connectivity index (χ2n) is 5.79. The predicted octanol–water partition coefficient (Wildman–Crippen LogP) is 2.04. The third-order valence-electron chi connectivity index (χ3n) is 3.96. The molecule has 19 heavy (non-hydrogen) atoms. The van der Waals surface area contributed by atoms with Gasteiger partial charge in [0.1, 0.15) is 6.10 Å². The van der Waals surface area contributed by atoms with Crippen molar-refractivity contribution in [2.45, 2.75) is 58.2 Å². The molecule has 0 bridgehead atoms. The second-order valence-corrected chi connectivity index (χ2v) is 5.79. The van der Waals surface area contributed by atoms with Crippen LogP contribution in [0, 0.1) is 5.92 Å². The van der Waals surface area contributed by atoms with E-state index in [1.165, 1.54) is 12.8 Å². The summed E-state index contributed by atoms with van der Waals surface area (Å²) in [5.41, 5.74) is 0. The molecule has 1 saturated carbocycles. The summed E-state index contributed by atoms with van der Waals surface area (Å²) >= 11 is 0. The highest BCUT2D eigenvalue weighted by atomic mass is 16.5. The quantitative estimate of drug-likeness (QED) is 0.770. The number of hydrogen-bond donors (Lipinski definition) is 1. The predicted molar refractivity (Wildman–Crippen MR) is 78.1 cm³/mol. The summed E-state index contributed by atoms with van der Waals surface area (Å²) in [5, 5.41) is 3.06. The zero-order valence-electron chi connectivity index (χ0n) is 12.9. The van der Waals surface area contributed by atoms with Crippen LogP contribution < -0.4 is 5.32 Å². The van der Waals surface area contributed by atoms with Gasteiger partial charge in [-0.25, -0.2) is 0 Å². The topological polar surface area (TPSA) is 41.6 Å². The van der Waals surface area contributed by atoms with Crippen molar-refractivity contribution in [2.75, 3.05) is 27.2 Å². The van der Waals surface area contributed by atoms with Gasteiger partial charge in [-0.3, -0.25) is 4.79 Å². The fraction of sp³-hybridized carbons (Fsp3) is 0.933. The minimum absolute atomic E-state index is 0.121. The third kappa shape index (κ3) is 5.49. The Morgan fingerprint density at radius 1 is 1.47 bits per heavy atom. The van der Waals surface area contributed by atoms with Crippen molar-refractivity contribution < 1.29 is 9.53 Å². The summed E-state index contributed by atoms with van der Waals surface area (Å²) in [5.74, 6) is 0.851. The van der Waals surface area contributed by atoms with Crippen molar-refractivity contribution in [1.82, 2.24) is 10.2 Å². The maximum atomic E-state index is 12.3. The van der Waals surface area contributed by atoms with Crippen LogP contribution in [-0.2, 0) is 9.53 Å². The van der Waals surface area contributed by atoms with E-state index in [9.17, 15) is 4.79 Å². The van der Waals surface area contributed by atoms with E-state index in [1.54, 1.807) is 4.90 Å². The summed E-state index contributed by atoms with van der Waals surface area (Å²) in [6.07, 6.45) is 5.50. The molecular formula is C15H30N2O2. The Labute approximate surface area is 117 Å². The summed E-state index contributed by atoms with van der Waals surface area (Å²) in [7, 11) is 3.75. The van der Waals surface area contributed by atoms with E-state index in [0.29, 0.717) is 0 Å². The van der Waals surface area contributed by atoms with Crippen molar-refractivity contribution in [1.29, 1.82) is 0 Å². The first kappa shape index (κ1) is 16.4. The average Bonchev–Trinajstić information content (AvgIpc) is 2.41. The van der Waals surface area contributed by atoms with Gasteiger partial charge in [0, 0.05) is 20.1 Å². The van der Waals surface area contributed by atoms with Gasteiger partial charge in [0.05, 0.1) is 6.10 Å². The molecule has 1 fully saturated rings. The minimum Gasteiger partial charge on any atom is -0.365 e. The minimum atomic E-state index is -0.267. The number of likely N-dealkylation sites (N-methyl/N-ethyl adjacent to an activating group) is 2. The van der Waals surface area contributed by atoms with Crippen LogP contribution >= 0.6 is 0 Å². The second kappa shape index (κ2) is 8.54. The zero-order chi connectivity index (χ0) is 14.3. The summed E-state index contributed by atoms with van der Waals surface area (Å²) < 4.78 is 6.06. The van der Waals surface area contributed by atoms with Gasteiger partial charge in [0.25, 0.3) is 5.91 Å². The van der Waals surface area contributed by atoms with E-state index >= 15 is 0 Å². The fourth-order valence-corrected chi connectivity index (χ4v) is 2.70. The van der Waals surface area contributed by atoms with Gasteiger partial charge in [0.2, 0.25) is 0 Å². The van der Waals surface area contributed by atoms with E-state index < -0.39 is 0 Å². The summed E-state index contributed by atoms with van der Waals surface area (Å²) in [4.78, 5) is 14.1. The van der Waals surface area contributed by atoms with Crippen LogP contribution in [0.25, 0.3) is 0 Å². The van der Waals surface area contributed by atoms with Crippen molar-refractivity contribution in [2.24, 2.45) is 5.92 Å². The molecule has 1 aliphatic carbocycles. The Bertz CT molecular complexity index is 271. The van der Waals surface area contributed by atoms with Gasteiger partial charge in [-0.1, -0.05) is 26.7 Å². The maximum Gasteiger partial charge on any atom is 0.251 e. The van der Waals surface area contributed by atoms with Crippen molar-refractivity contribution >= 4 is 5.91 Å². The zero-order valence-corrected chi connectivity index (χ0v) is 12.9. The Kier molecular flexibility index (Phi) is 7.39. The van der Waals surface area contributed by atoms with Crippen LogP contribution in [0.1, 0.15) is 46.0 Å². The number of rotatable bonds is 7. The molecule has 0 spiro atoms. The van der Waals surface area contributed by atoms with E-state index in [4.69, 9.17) is 4.74 Å². The molecule has 0 aliphatic heterocycles. The molecule has 112 valence electrons. The lowest BCUT2D eigenvalue weighted by Crippen LogP contribution is -2.42. The molecule has 1 aliphatic rings. The van der Waals surface area contributed by atoms with Crippen LogP contribution in [0.15, 0.2) is 0 Å². The first-order valence-electron chi connectivity index (χ1n) is 7.63. The van der Waals surface area contributed by atoms with Crippen LogP contribution in [0.2, 0.25) is 0 Å². The molecule has 0 aromatic rings. The Balaban J connectivity index is 2.45. The largest absolute Gasteiger partial charge is 0.365 e. The first-order chi connectivity index (χ1) is 9.08. The van der Waals surface area contributed by atoms with E-state index in [-0.39, 0.29) is 18.1 Å². The molecule has 0 radical (unpaired) electrons. The molecule has 4 heteroatoms. The number of carbonyl (C=O) groups excluding carboxylic acids is 1. The van der Waals surface area contributed by atoms with Gasteiger partial charge in [-0.15, -0.1) is 0 Å². The van der Waals surface area contributed by atoms with Gasteiger partial charge < -0.3 is 15.0 Å². The molecule has 0 saturated heterocycles. The lowest BCUT2D eigenvalue weighted by atomic mass is 9.88. The van der Waals surface area contributed by atoms with Crippen LogP contribution in [0.3, 0.4) is 0 Å². The number of hydrogen-bond acceptors (Lipinski definition) is 3. The van der Waals surface area contributed by atoms with Gasteiger partial charge in [0.15, 0.2) is 0 Å². The lowest BCUT2D eigenvalue weighted by Gasteiger charge is -2.31. The third-order valence-corrected chi connectivity index (χ3v) is 3.96. The molecule has 1 N–H and O–H groups in total. The number of ether oxygens (including phenoxy) is 1. The molecule has 3 atom stereocenters. The fourth-order valence-electron chi connectivity index (χ4n) is 2.70. The van der Waals surface area contributed by atoms with Crippen LogP contribution in [-0.4, -0.2) is 50.2 Å². The average molecular weight is 270 g/mol. The number of nitrogens with one attached hydrogen (secondary N) is 1. The Hall–Kier alpha value is -0.610. The normalized spacial score (nSPS) is 25.1. The smallest absolute Gasteiger partial charge is 0.251 e. The van der Waals surface area contributed by atoms with E-state index in [0.717, 1.165) is 38.3 Å². The molecule has 1 amide bonds. The molecule has 0 aromatic heterocycles. The molecule has 3 unspecified atom stereocenters. The van der Waals surface area contributed by atoms with E-state index in [1.807, 2.05) is 21.0 Å². The number of carbonyl (C=O) groups is 1. The van der Waals surface area contributed by atoms with Crippen molar-refractivity contribution in [3.8, 4) is 0 Å². The molecular weight excluding hydrogens is 240 g/mol. The summed E-state index contributed by atoms with van der Waals surface area (Å²) in [6.45, 7) is 5.85. The highest BCUT2D eigenvalue weighted by Gasteiger charge is 2.27. The Morgan fingerprint density at radius 3 is 2.79 bits per heavy atom. The molecule has 0 heterocycles. The highest BCUT2D eigenvalue weighted by molar-refractivity contribution is 5.80. The lowest BCUT2D eigenvalue weighted by molar-refractivity contribution is -0.148. The van der Waals surface area contributed by atoms with E-state index in [2.05, 4.69) is 12.2 Å².